The lowest BCUT2D eigenvalue weighted by Gasteiger charge is -2.10. The van der Waals surface area contributed by atoms with E-state index in [1.807, 2.05) is 44.4 Å². The Morgan fingerprint density at radius 3 is 2.61 bits per heavy atom. The molecule has 0 aliphatic rings. The largest absolute Gasteiger partial charge is 0.495 e. The second kappa shape index (κ2) is 10.8. The van der Waals surface area contributed by atoms with Crippen molar-refractivity contribution < 1.29 is 14.3 Å². The lowest BCUT2D eigenvalue weighted by molar-refractivity contribution is 0.101. The molecular formula is C23H27ClN4O3. The normalized spacial score (nSPS) is 10.9. The van der Waals surface area contributed by atoms with Gasteiger partial charge in [0, 0.05) is 18.3 Å². The molecule has 7 nitrogen and oxygen atoms in total. The zero-order valence-electron chi connectivity index (χ0n) is 18.0. The number of nitrogens with zero attached hydrogens (tertiary/aromatic N) is 3. The van der Waals surface area contributed by atoms with E-state index in [0.29, 0.717) is 41.2 Å². The van der Waals surface area contributed by atoms with E-state index in [0.717, 1.165) is 18.5 Å². The quantitative estimate of drug-likeness (QED) is 0.477. The van der Waals surface area contributed by atoms with Gasteiger partial charge in [-0.2, -0.15) is 0 Å². The second-order valence-corrected chi connectivity index (χ2v) is 7.73. The van der Waals surface area contributed by atoms with Crippen molar-refractivity contribution in [3.8, 4) is 11.6 Å². The first kappa shape index (κ1) is 22.7. The Kier molecular flexibility index (Phi) is 7.92. The molecule has 0 bridgehead atoms. The summed E-state index contributed by atoms with van der Waals surface area (Å²) < 4.78 is 12.6. The summed E-state index contributed by atoms with van der Waals surface area (Å²) in [5.41, 5.74) is 2.00. The van der Waals surface area contributed by atoms with Crippen molar-refractivity contribution in [2.75, 3.05) is 39.7 Å². The number of hydrogen-bond acceptors (Lipinski definition) is 5. The Morgan fingerprint density at radius 2 is 1.94 bits per heavy atom. The zero-order valence-corrected chi connectivity index (χ0v) is 18.7. The lowest BCUT2D eigenvalue weighted by Crippen LogP contribution is -2.18. The van der Waals surface area contributed by atoms with Gasteiger partial charge in [0.2, 0.25) is 5.88 Å². The summed E-state index contributed by atoms with van der Waals surface area (Å²) in [6.45, 7) is 1.89. The summed E-state index contributed by atoms with van der Waals surface area (Å²) in [5.74, 6) is 0.669. The van der Waals surface area contributed by atoms with Crippen molar-refractivity contribution in [3.63, 3.8) is 0 Å². The van der Waals surface area contributed by atoms with Crippen LogP contribution in [0.1, 0.15) is 22.5 Å². The number of anilines is 1. The van der Waals surface area contributed by atoms with E-state index >= 15 is 0 Å². The third-order valence-electron chi connectivity index (χ3n) is 4.57. The van der Waals surface area contributed by atoms with Gasteiger partial charge in [-0.1, -0.05) is 41.9 Å². The van der Waals surface area contributed by atoms with Gasteiger partial charge in [-0.05, 0) is 44.3 Å². The molecule has 31 heavy (non-hydrogen) atoms. The SMILES string of the molecule is COc1ccc(NC(=O)c2cc(OCCCN(C)C)nn2Cc2ccccc2)cc1Cl. The first-order valence-electron chi connectivity index (χ1n) is 10.0. The van der Waals surface area contributed by atoms with Gasteiger partial charge in [-0.3, -0.25) is 9.48 Å². The van der Waals surface area contributed by atoms with Gasteiger partial charge in [0.1, 0.15) is 11.4 Å². The fourth-order valence-electron chi connectivity index (χ4n) is 3.02. The third-order valence-corrected chi connectivity index (χ3v) is 4.87. The minimum Gasteiger partial charge on any atom is -0.495 e. The van der Waals surface area contributed by atoms with Crippen LogP contribution in [0.5, 0.6) is 11.6 Å². The summed E-state index contributed by atoms with van der Waals surface area (Å²) in [4.78, 5) is 15.1. The number of benzene rings is 2. The van der Waals surface area contributed by atoms with Gasteiger partial charge in [0.25, 0.3) is 5.91 Å². The molecule has 3 aromatic rings. The maximum Gasteiger partial charge on any atom is 0.274 e. The van der Waals surface area contributed by atoms with Crippen molar-refractivity contribution >= 4 is 23.2 Å². The molecule has 0 saturated carbocycles. The Balaban J connectivity index is 1.78. The van der Waals surface area contributed by atoms with Crippen LogP contribution in [0.25, 0.3) is 0 Å². The van der Waals surface area contributed by atoms with E-state index in [9.17, 15) is 4.79 Å². The highest BCUT2D eigenvalue weighted by atomic mass is 35.5. The zero-order chi connectivity index (χ0) is 22.2. The molecule has 2 aromatic carbocycles. The van der Waals surface area contributed by atoms with E-state index in [-0.39, 0.29) is 5.91 Å². The molecule has 1 heterocycles. The third kappa shape index (κ3) is 6.47. The van der Waals surface area contributed by atoms with E-state index in [1.165, 1.54) is 0 Å². The molecule has 1 amide bonds. The topological polar surface area (TPSA) is 68.6 Å². The van der Waals surface area contributed by atoms with Crippen LogP contribution in [0, 0.1) is 0 Å². The molecule has 0 unspecified atom stereocenters. The molecule has 3 rings (SSSR count). The van der Waals surface area contributed by atoms with Gasteiger partial charge >= 0.3 is 0 Å². The predicted molar refractivity (Wildman–Crippen MR) is 122 cm³/mol. The van der Waals surface area contributed by atoms with E-state index in [2.05, 4.69) is 15.3 Å². The first-order chi connectivity index (χ1) is 15.0. The summed E-state index contributed by atoms with van der Waals surface area (Å²) in [5, 5.41) is 7.79. The minimum absolute atomic E-state index is 0.298. The average molecular weight is 443 g/mol. The minimum atomic E-state index is -0.298. The van der Waals surface area contributed by atoms with Crippen molar-refractivity contribution in [1.29, 1.82) is 0 Å². The molecule has 0 aliphatic heterocycles. The van der Waals surface area contributed by atoms with Crippen LogP contribution in [-0.2, 0) is 6.54 Å². The first-order valence-corrected chi connectivity index (χ1v) is 10.4. The number of nitrogens with one attached hydrogen (secondary N) is 1. The summed E-state index contributed by atoms with van der Waals surface area (Å²) in [6.07, 6.45) is 0.865. The molecule has 1 N–H and O–H groups in total. The molecule has 0 radical (unpaired) electrons. The lowest BCUT2D eigenvalue weighted by atomic mass is 10.2. The van der Waals surface area contributed by atoms with Crippen molar-refractivity contribution in [1.82, 2.24) is 14.7 Å². The van der Waals surface area contributed by atoms with Crippen LogP contribution in [0.4, 0.5) is 5.69 Å². The molecule has 0 fully saturated rings. The summed E-state index contributed by atoms with van der Waals surface area (Å²) >= 11 is 6.18. The molecule has 8 heteroatoms. The fraction of sp³-hybridized carbons (Fsp3) is 0.304. The monoisotopic (exact) mass is 442 g/mol. The number of carbonyl (C=O) groups is 1. The van der Waals surface area contributed by atoms with E-state index in [1.54, 1.807) is 36.1 Å². The van der Waals surface area contributed by atoms with Crippen molar-refractivity contribution in [2.24, 2.45) is 0 Å². The Bertz CT molecular complexity index is 1010. The average Bonchev–Trinajstić information content (AvgIpc) is 3.14. The van der Waals surface area contributed by atoms with Crippen molar-refractivity contribution in [2.45, 2.75) is 13.0 Å². The van der Waals surface area contributed by atoms with Crippen LogP contribution in [0.15, 0.2) is 54.6 Å². The number of aromatic nitrogens is 2. The number of carbonyl (C=O) groups excluding carboxylic acids is 1. The summed E-state index contributed by atoms with van der Waals surface area (Å²) in [7, 11) is 5.58. The molecule has 0 spiro atoms. The van der Waals surface area contributed by atoms with Gasteiger partial charge in [0.15, 0.2) is 0 Å². The molecule has 164 valence electrons. The molecule has 1 aromatic heterocycles. The number of methoxy groups -OCH3 is 1. The smallest absolute Gasteiger partial charge is 0.274 e. The molecular weight excluding hydrogens is 416 g/mol. The number of halogens is 1. The Hall–Kier alpha value is -3.03. The second-order valence-electron chi connectivity index (χ2n) is 7.32. The van der Waals surface area contributed by atoms with Gasteiger partial charge < -0.3 is 19.7 Å². The number of rotatable bonds is 10. The van der Waals surface area contributed by atoms with Crippen LogP contribution >= 0.6 is 11.6 Å². The predicted octanol–water partition coefficient (Wildman–Crippen LogP) is 4.18. The van der Waals surface area contributed by atoms with Crippen LogP contribution in [0.3, 0.4) is 0 Å². The highest BCUT2D eigenvalue weighted by Crippen LogP contribution is 2.27. The summed E-state index contributed by atoms with van der Waals surface area (Å²) in [6, 6.07) is 16.6. The fourth-order valence-corrected chi connectivity index (χ4v) is 3.28. The highest BCUT2D eigenvalue weighted by molar-refractivity contribution is 6.32. The standard InChI is InChI=1S/C23H27ClN4O3/c1-27(2)12-7-13-31-22-15-20(28(26-22)16-17-8-5-4-6-9-17)23(29)25-18-10-11-21(30-3)19(24)14-18/h4-6,8-11,14-15H,7,12-13,16H2,1-3H3,(H,25,29). The van der Waals surface area contributed by atoms with Gasteiger partial charge in [-0.25, -0.2) is 0 Å². The van der Waals surface area contributed by atoms with Crippen molar-refractivity contribution in [3.05, 3.63) is 70.9 Å². The maximum atomic E-state index is 13.0. The van der Waals surface area contributed by atoms with Crippen LogP contribution < -0.4 is 14.8 Å². The van der Waals surface area contributed by atoms with Crippen LogP contribution in [-0.4, -0.2) is 54.9 Å². The number of hydrogen-bond donors (Lipinski definition) is 1. The van der Waals surface area contributed by atoms with Gasteiger partial charge in [-0.15, -0.1) is 5.10 Å². The molecule has 0 saturated heterocycles. The number of amides is 1. The highest BCUT2D eigenvalue weighted by Gasteiger charge is 2.17. The van der Waals surface area contributed by atoms with Gasteiger partial charge in [0.05, 0.1) is 25.3 Å². The van der Waals surface area contributed by atoms with E-state index < -0.39 is 0 Å². The molecule has 0 aliphatic carbocycles. The maximum absolute atomic E-state index is 13.0. The Labute approximate surface area is 187 Å². The number of ether oxygens (including phenoxy) is 2. The Morgan fingerprint density at radius 1 is 1.16 bits per heavy atom. The molecule has 0 atom stereocenters. The van der Waals surface area contributed by atoms with Crippen LogP contribution in [0.2, 0.25) is 5.02 Å². The van der Waals surface area contributed by atoms with E-state index in [4.69, 9.17) is 21.1 Å².